The van der Waals surface area contributed by atoms with Crippen molar-refractivity contribution >= 4 is 5.82 Å². The van der Waals surface area contributed by atoms with Crippen molar-refractivity contribution in [3.63, 3.8) is 0 Å². The number of anilines is 1. The van der Waals surface area contributed by atoms with E-state index in [1.165, 1.54) is 5.56 Å². The number of nitrogens with two attached hydrogens (primary N) is 1. The molecule has 0 amide bonds. The van der Waals surface area contributed by atoms with Crippen LogP contribution in [0, 0.1) is 6.92 Å². The lowest BCUT2D eigenvalue weighted by molar-refractivity contribution is 0.0707. The normalized spacial score (nSPS) is 22.9. The molecule has 3 N–H and O–H groups in total. The van der Waals surface area contributed by atoms with E-state index >= 15 is 0 Å². The molecule has 4 nitrogen and oxygen atoms in total. The first-order valence-electron chi connectivity index (χ1n) is 7.26. The fourth-order valence-electron chi connectivity index (χ4n) is 3.04. The maximum Gasteiger partial charge on any atom is 0.122 e. The van der Waals surface area contributed by atoms with Gasteiger partial charge in [0.25, 0.3) is 0 Å². The third-order valence-electron chi connectivity index (χ3n) is 4.19. The van der Waals surface area contributed by atoms with Crippen molar-refractivity contribution in [3.05, 3.63) is 35.9 Å². The lowest BCUT2D eigenvalue weighted by atomic mass is 9.93. The van der Waals surface area contributed by atoms with Crippen LogP contribution >= 0.6 is 0 Å². The van der Waals surface area contributed by atoms with Crippen molar-refractivity contribution in [2.45, 2.75) is 44.8 Å². The fourth-order valence-corrected chi connectivity index (χ4v) is 3.04. The first-order valence-corrected chi connectivity index (χ1v) is 7.26. The molecule has 1 saturated carbocycles. The van der Waals surface area contributed by atoms with Crippen molar-refractivity contribution in [1.29, 1.82) is 0 Å². The zero-order chi connectivity index (χ0) is 14.1. The summed E-state index contributed by atoms with van der Waals surface area (Å²) >= 11 is 0. The minimum absolute atomic E-state index is 0.0153. The van der Waals surface area contributed by atoms with Gasteiger partial charge in [0.15, 0.2) is 0 Å². The van der Waals surface area contributed by atoms with Gasteiger partial charge in [0.1, 0.15) is 5.82 Å². The highest BCUT2D eigenvalue weighted by molar-refractivity contribution is 5.65. The zero-order valence-corrected chi connectivity index (χ0v) is 11.8. The summed E-state index contributed by atoms with van der Waals surface area (Å²) in [7, 11) is 0. The fraction of sp³-hybridized carbons (Fsp3) is 0.438. The highest BCUT2D eigenvalue weighted by atomic mass is 16.3. The van der Waals surface area contributed by atoms with Crippen LogP contribution in [0.2, 0.25) is 0 Å². The minimum atomic E-state index is -0.337. The largest absolute Gasteiger partial charge is 0.391 e. The Kier molecular flexibility index (Phi) is 3.49. The van der Waals surface area contributed by atoms with Crippen molar-refractivity contribution < 1.29 is 5.11 Å². The van der Waals surface area contributed by atoms with Crippen LogP contribution < -0.4 is 5.73 Å². The van der Waals surface area contributed by atoms with Crippen LogP contribution in [0.5, 0.6) is 0 Å². The second-order valence-corrected chi connectivity index (χ2v) is 5.63. The average Bonchev–Trinajstić information content (AvgIpc) is 2.81. The van der Waals surface area contributed by atoms with E-state index in [1.54, 1.807) is 0 Å². The summed E-state index contributed by atoms with van der Waals surface area (Å²) in [5.74, 6) is 0.634. The number of benzene rings is 1. The molecule has 2 aromatic rings. The molecule has 20 heavy (non-hydrogen) atoms. The van der Waals surface area contributed by atoms with Crippen molar-refractivity contribution in [2.24, 2.45) is 0 Å². The second-order valence-electron chi connectivity index (χ2n) is 5.63. The maximum atomic E-state index is 10.2. The topological polar surface area (TPSA) is 64.1 Å². The number of aromatic nitrogens is 2. The molecule has 106 valence electrons. The van der Waals surface area contributed by atoms with E-state index in [0.29, 0.717) is 5.82 Å². The van der Waals surface area contributed by atoms with Gasteiger partial charge < -0.3 is 10.8 Å². The Hall–Kier alpha value is -1.81. The van der Waals surface area contributed by atoms with Gasteiger partial charge in [0.2, 0.25) is 0 Å². The molecule has 0 saturated heterocycles. The molecule has 1 heterocycles. The summed E-state index contributed by atoms with van der Waals surface area (Å²) in [4.78, 5) is 0. The van der Waals surface area contributed by atoms with Crippen LogP contribution in [0.1, 0.15) is 37.3 Å². The molecule has 0 radical (unpaired) electrons. The number of aliphatic hydroxyl groups is 1. The van der Waals surface area contributed by atoms with E-state index < -0.39 is 0 Å². The molecule has 0 spiro atoms. The van der Waals surface area contributed by atoms with Gasteiger partial charge in [-0.05, 0) is 25.3 Å². The monoisotopic (exact) mass is 271 g/mol. The molecule has 2 unspecified atom stereocenters. The molecule has 0 bridgehead atoms. The number of hydrogen-bond acceptors (Lipinski definition) is 3. The number of aliphatic hydroxyl groups excluding tert-OH is 1. The predicted molar refractivity (Wildman–Crippen MR) is 80.3 cm³/mol. The summed E-state index contributed by atoms with van der Waals surface area (Å²) in [5, 5.41) is 14.8. The Morgan fingerprint density at radius 1 is 1.25 bits per heavy atom. The molecule has 1 fully saturated rings. The number of nitrogen functional groups attached to an aromatic ring is 1. The highest BCUT2D eigenvalue weighted by Gasteiger charge is 2.27. The Morgan fingerprint density at radius 3 is 2.75 bits per heavy atom. The van der Waals surface area contributed by atoms with Gasteiger partial charge in [-0.1, -0.05) is 37.1 Å². The van der Waals surface area contributed by atoms with Gasteiger partial charge >= 0.3 is 0 Å². The van der Waals surface area contributed by atoms with Crippen molar-refractivity contribution in [3.8, 4) is 11.3 Å². The van der Waals surface area contributed by atoms with Crippen LogP contribution in [0.25, 0.3) is 11.3 Å². The summed E-state index contributed by atoms with van der Waals surface area (Å²) < 4.78 is 1.81. The molecule has 2 atom stereocenters. The smallest absolute Gasteiger partial charge is 0.122 e. The van der Waals surface area contributed by atoms with Crippen LogP contribution in [0.15, 0.2) is 30.3 Å². The molecule has 1 aromatic carbocycles. The molecule has 4 heteroatoms. The van der Waals surface area contributed by atoms with Crippen LogP contribution in [0.3, 0.4) is 0 Å². The lowest BCUT2D eigenvalue weighted by Crippen LogP contribution is -2.29. The van der Waals surface area contributed by atoms with E-state index in [4.69, 9.17) is 5.73 Å². The number of hydrogen-bond donors (Lipinski definition) is 2. The molecule has 1 aromatic heterocycles. The third-order valence-corrected chi connectivity index (χ3v) is 4.19. The molecular weight excluding hydrogens is 250 g/mol. The van der Waals surface area contributed by atoms with Crippen LogP contribution in [0.4, 0.5) is 5.82 Å². The summed E-state index contributed by atoms with van der Waals surface area (Å²) in [5.41, 5.74) is 9.28. The van der Waals surface area contributed by atoms with Crippen molar-refractivity contribution in [1.82, 2.24) is 9.78 Å². The Balaban J connectivity index is 1.97. The molecule has 1 aliphatic carbocycles. The second kappa shape index (κ2) is 5.29. The standard InChI is InChI=1S/C16H21N3O/c1-11-6-2-3-7-12(11)13-10-16(17)19(18-13)14-8-4-5-9-15(14)20/h2-3,6-7,10,14-15,20H,4-5,8-9,17H2,1H3. The summed E-state index contributed by atoms with van der Waals surface area (Å²) in [6.45, 7) is 2.07. The maximum absolute atomic E-state index is 10.2. The molecule has 0 aliphatic heterocycles. The van der Waals surface area contributed by atoms with E-state index in [2.05, 4.69) is 24.2 Å². The lowest BCUT2D eigenvalue weighted by Gasteiger charge is -2.28. The van der Waals surface area contributed by atoms with Gasteiger partial charge in [-0.25, -0.2) is 4.68 Å². The van der Waals surface area contributed by atoms with Crippen molar-refractivity contribution in [2.75, 3.05) is 5.73 Å². The first kappa shape index (κ1) is 13.2. The van der Waals surface area contributed by atoms with Gasteiger partial charge in [0.05, 0.1) is 17.8 Å². The van der Waals surface area contributed by atoms with E-state index in [9.17, 15) is 5.11 Å². The Bertz CT molecular complexity index is 606. The van der Waals surface area contributed by atoms with Crippen LogP contribution in [-0.2, 0) is 0 Å². The summed E-state index contributed by atoms with van der Waals surface area (Å²) in [6.07, 6.45) is 3.66. The van der Waals surface area contributed by atoms with E-state index in [1.807, 2.05) is 22.9 Å². The SMILES string of the molecule is Cc1ccccc1-c1cc(N)n(C2CCCCC2O)n1. The van der Waals surface area contributed by atoms with Gasteiger partial charge in [0, 0.05) is 11.6 Å². The van der Waals surface area contributed by atoms with Crippen LogP contribution in [-0.4, -0.2) is 21.0 Å². The number of nitrogens with zero attached hydrogens (tertiary/aromatic N) is 2. The first-order chi connectivity index (χ1) is 9.66. The number of rotatable bonds is 2. The highest BCUT2D eigenvalue weighted by Crippen LogP contribution is 2.32. The summed E-state index contributed by atoms with van der Waals surface area (Å²) in [6, 6.07) is 10.1. The van der Waals surface area contributed by atoms with Gasteiger partial charge in [-0.2, -0.15) is 5.10 Å². The quantitative estimate of drug-likeness (QED) is 0.882. The number of aryl methyl sites for hydroxylation is 1. The Morgan fingerprint density at radius 2 is 2.00 bits per heavy atom. The molecular formula is C16H21N3O. The minimum Gasteiger partial charge on any atom is -0.391 e. The average molecular weight is 271 g/mol. The molecule has 1 aliphatic rings. The van der Waals surface area contributed by atoms with E-state index in [-0.39, 0.29) is 12.1 Å². The van der Waals surface area contributed by atoms with Gasteiger partial charge in [-0.15, -0.1) is 0 Å². The zero-order valence-electron chi connectivity index (χ0n) is 11.8. The predicted octanol–water partition coefficient (Wildman–Crippen LogP) is 2.92. The Labute approximate surface area is 119 Å². The van der Waals surface area contributed by atoms with Gasteiger partial charge in [-0.3, -0.25) is 0 Å². The third kappa shape index (κ3) is 2.31. The molecule has 3 rings (SSSR count). The van der Waals surface area contributed by atoms with E-state index in [0.717, 1.165) is 36.9 Å².